The molecule has 0 heterocycles. The molecule has 7 heteroatoms. The Morgan fingerprint density at radius 2 is 1.61 bits per heavy atom. The second-order valence-electron chi connectivity index (χ2n) is 5.84. The summed E-state index contributed by atoms with van der Waals surface area (Å²) in [7, 11) is 0. The molecule has 3 aromatic carbocycles. The molecule has 0 saturated carbocycles. The molecule has 140 valence electrons. The van der Waals surface area contributed by atoms with Crippen molar-refractivity contribution in [3.8, 4) is 0 Å². The maximum atomic E-state index is 12.0. The zero-order valence-electron chi connectivity index (χ0n) is 14.8. The molecule has 0 radical (unpaired) electrons. The number of hydrogen-bond acceptors (Lipinski definition) is 5. The van der Waals surface area contributed by atoms with Crippen LogP contribution in [0.2, 0.25) is 0 Å². The third kappa shape index (κ3) is 5.52. The van der Waals surface area contributed by atoms with Gasteiger partial charge in [-0.15, -0.1) is 0 Å². The summed E-state index contributed by atoms with van der Waals surface area (Å²) < 4.78 is 0. The lowest BCUT2D eigenvalue weighted by Crippen LogP contribution is -2.20. The molecule has 0 aromatic heterocycles. The van der Waals surface area contributed by atoms with Crippen molar-refractivity contribution in [3.63, 3.8) is 0 Å². The van der Waals surface area contributed by atoms with Gasteiger partial charge in [0, 0.05) is 21.4 Å². The topological polar surface area (TPSA) is 84.6 Å². The van der Waals surface area contributed by atoms with Crippen LogP contribution in [0.15, 0.2) is 93.8 Å². The van der Waals surface area contributed by atoms with Gasteiger partial charge < -0.3 is 0 Å². The van der Waals surface area contributed by atoms with Gasteiger partial charge in [0.15, 0.2) is 0 Å². The summed E-state index contributed by atoms with van der Waals surface area (Å²) in [5.41, 5.74) is 3.51. The fourth-order valence-corrected chi connectivity index (χ4v) is 3.31. The number of para-hydroxylation sites is 1. The number of nitro benzene ring substituents is 1. The average molecular weight is 391 g/mol. The van der Waals surface area contributed by atoms with Crippen LogP contribution in [-0.2, 0) is 11.2 Å². The largest absolute Gasteiger partial charge is 0.273 e. The minimum atomic E-state index is -0.499. The van der Waals surface area contributed by atoms with E-state index in [2.05, 4.69) is 10.5 Å². The maximum absolute atomic E-state index is 12.0. The molecule has 3 aromatic rings. The van der Waals surface area contributed by atoms with Crippen LogP contribution in [0, 0.1) is 10.1 Å². The van der Waals surface area contributed by atoms with Crippen LogP contribution >= 0.6 is 11.8 Å². The zero-order valence-corrected chi connectivity index (χ0v) is 15.6. The summed E-state index contributed by atoms with van der Waals surface area (Å²) in [5, 5.41) is 14.9. The first-order valence-electron chi connectivity index (χ1n) is 8.49. The Morgan fingerprint density at radius 1 is 0.964 bits per heavy atom. The number of nitrogens with zero attached hydrogens (tertiary/aromatic N) is 2. The Labute approximate surface area is 166 Å². The number of hydrazone groups is 1. The normalized spacial score (nSPS) is 10.7. The molecule has 1 N–H and O–H groups in total. The van der Waals surface area contributed by atoms with Gasteiger partial charge in [-0.25, -0.2) is 5.43 Å². The molecule has 6 nitrogen and oxygen atoms in total. The van der Waals surface area contributed by atoms with Crippen LogP contribution in [0.3, 0.4) is 0 Å². The van der Waals surface area contributed by atoms with E-state index in [9.17, 15) is 14.9 Å². The summed E-state index contributed by atoms with van der Waals surface area (Å²) in [5.74, 6) is -0.415. The summed E-state index contributed by atoms with van der Waals surface area (Å²) in [6, 6.07) is 24.0. The molecule has 1 amide bonds. The van der Waals surface area contributed by atoms with Crippen LogP contribution in [0.1, 0.15) is 11.1 Å². The van der Waals surface area contributed by atoms with E-state index in [0.29, 0.717) is 5.56 Å². The fourth-order valence-electron chi connectivity index (χ4n) is 2.48. The third-order valence-corrected chi connectivity index (χ3v) is 4.82. The second-order valence-corrected chi connectivity index (χ2v) is 6.99. The van der Waals surface area contributed by atoms with Gasteiger partial charge >= 0.3 is 0 Å². The number of nitro groups is 1. The number of carbonyl (C=O) groups excluding carboxylic acids is 1. The van der Waals surface area contributed by atoms with Crippen molar-refractivity contribution >= 4 is 29.6 Å². The first-order chi connectivity index (χ1) is 13.6. The Morgan fingerprint density at radius 3 is 2.32 bits per heavy atom. The van der Waals surface area contributed by atoms with E-state index in [4.69, 9.17) is 0 Å². The van der Waals surface area contributed by atoms with Crippen LogP contribution in [0.4, 0.5) is 5.69 Å². The number of hydrogen-bond donors (Lipinski definition) is 1. The van der Waals surface area contributed by atoms with Crippen molar-refractivity contribution in [2.75, 3.05) is 0 Å². The third-order valence-electron chi connectivity index (χ3n) is 3.80. The highest BCUT2D eigenvalue weighted by atomic mass is 32.2. The van der Waals surface area contributed by atoms with Gasteiger partial charge in [0.2, 0.25) is 5.91 Å². The van der Waals surface area contributed by atoms with Gasteiger partial charge in [0.05, 0.1) is 17.6 Å². The molecule has 0 spiro atoms. The Hall–Kier alpha value is -3.45. The molecular weight excluding hydrogens is 374 g/mol. The lowest BCUT2D eigenvalue weighted by Gasteiger charge is -2.03. The first-order valence-corrected chi connectivity index (χ1v) is 9.30. The molecule has 0 unspecified atom stereocenters. The van der Waals surface area contributed by atoms with Crippen LogP contribution in [0.5, 0.6) is 0 Å². The van der Waals surface area contributed by atoms with E-state index in [1.807, 2.05) is 54.6 Å². The van der Waals surface area contributed by atoms with E-state index in [1.54, 1.807) is 30.0 Å². The monoisotopic (exact) mass is 391 g/mol. The van der Waals surface area contributed by atoms with Crippen molar-refractivity contribution in [1.29, 1.82) is 0 Å². The van der Waals surface area contributed by atoms with Crippen molar-refractivity contribution in [2.24, 2.45) is 5.10 Å². The predicted octanol–water partition coefficient (Wildman–Crippen LogP) is 4.44. The molecule has 0 aliphatic heterocycles. The van der Waals surface area contributed by atoms with Gasteiger partial charge in [-0.2, -0.15) is 5.10 Å². The van der Waals surface area contributed by atoms with Crippen molar-refractivity contribution in [3.05, 3.63) is 100 Å². The molecule has 0 atom stereocenters. The lowest BCUT2D eigenvalue weighted by molar-refractivity contribution is -0.385. The average Bonchev–Trinajstić information content (AvgIpc) is 2.70. The van der Waals surface area contributed by atoms with Crippen LogP contribution < -0.4 is 5.43 Å². The number of amides is 1. The molecule has 0 fully saturated rings. The zero-order chi connectivity index (χ0) is 19.8. The van der Waals surface area contributed by atoms with E-state index in [0.717, 1.165) is 15.4 Å². The standard InChI is InChI=1S/C21H17N3O3S/c25-21(14-17-6-4-5-9-20(17)24(26)27)23-22-15-16-10-12-19(13-11-16)28-18-7-2-1-3-8-18/h1-13,15H,14H2,(H,23,25). The summed E-state index contributed by atoms with van der Waals surface area (Å²) in [6.07, 6.45) is 1.43. The van der Waals surface area contributed by atoms with Gasteiger partial charge in [0.1, 0.15) is 0 Å². The molecule has 0 bridgehead atoms. The van der Waals surface area contributed by atoms with Gasteiger partial charge in [-0.3, -0.25) is 14.9 Å². The predicted molar refractivity (Wildman–Crippen MR) is 110 cm³/mol. The second kappa shape index (κ2) is 9.48. The molecule has 28 heavy (non-hydrogen) atoms. The van der Waals surface area contributed by atoms with E-state index in [1.165, 1.54) is 12.3 Å². The lowest BCUT2D eigenvalue weighted by atomic mass is 10.1. The first kappa shape index (κ1) is 19.3. The molecule has 0 aliphatic rings. The SMILES string of the molecule is O=C(Cc1ccccc1[N+](=O)[O-])NN=Cc1ccc(Sc2ccccc2)cc1. The van der Waals surface area contributed by atoms with Crippen molar-refractivity contribution < 1.29 is 9.72 Å². The van der Waals surface area contributed by atoms with Gasteiger partial charge in [-0.1, -0.05) is 60.3 Å². The summed E-state index contributed by atoms with van der Waals surface area (Å²) in [6.45, 7) is 0. The van der Waals surface area contributed by atoms with Crippen molar-refractivity contribution in [1.82, 2.24) is 5.43 Å². The number of rotatable bonds is 7. The van der Waals surface area contributed by atoms with E-state index < -0.39 is 10.8 Å². The fraction of sp³-hybridized carbons (Fsp3) is 0.0476. The van der Waals surface area contributed by atoms with E-state index in [-0.39, 0.29) is 12.1 Å². The minimum Gasteiger partial charge on any atom is -0.273 e. The van der Waals surface area contributed by atoms with Gasteiger partial charge in [0.25, 0.3) is 5.69 Å². The highest BCUT2D eigenvalue weighted by Gasteiger charge is 2.14. The van der Waals surface area contributed by atoms with Crippen LogP contribution in [0.25, 0.3) is 0 Å². The molecular formula is C21H17N3O3S. The van der Waals surface area contributed by atoms with E-state index >= 15 is 0 Å². The van der Waals surface area contributed by atoms with Crippen LogP contribution in [-0.4, -0.2) is 17.0 Å². The highest BCUT2D eigenvalue weighted by molar-refractivity contribution is 7.99. The molecule has 0 saturated heterocycles. The Bertz CT molecular complexity index is 989. The summed E-state index contributed by atoms with van der Waals surface area (Å²) in [4.78, 5) is 24.7. The number of nitrogens with one attached hydrogen (secondary N) is 1. The highest BCUT2D eigenvalue weighted by Crippen LogP contribution is 2.27. The molecule has 3 rings (SSSR count). The Balaban J connectivity index is 1.54. The Kier molecular flexibility index (Phi) is 6.54. The number of benzene rings is 3. The van der Waals surface area contributed by atoms with Crippen molar-refractivity contribution in [2.45, 2.75) is 16.2 Å². The summed E-state index contributed by atoms with van der Waals surface area (Å²) >= 11 is 1.66. The minimum absolute atomic E-state index is 0.0758. The number of carbonyl (C=O) groups is 1. The smallest absolute Gasteiger partial charge is 0.273 e. The quantitative estimate of drug-likeness (QED) is 0.367. The maximum Gasteiger partial charge on any atom is 0.273 e. The molecule has 0 aliphatic carbocycles. The van der Waals surface area contributed by atoms with Gasteiger partial charge in [-0.05, 0) is 29.8 Å².